The minimum atomic E-state index is -0.144. The number of thioether (sulfide) groups is 1. The highest BCUT2D eigenvalue weighted by Gasteiger charge is 2.35. The Morgan fingerprint density at radius 1 is 1.03 bits per heavy atom. The molecule has 0 N–H and O–H groups in total. The van der Waals surface area contributed by atoms with E-state index in [4.69, 9.17) is 21.3 Å². The largest absolute Gasteiger partial charge is 0.488 e. The van der Waals surface area contributed by atoms with Crippen molar-refractivity contribution in [1.29, 1.82) is 0 Å². The molecule has 0 atom stereocenters. The minimum absolute atomic E-state index is 0.144. The van der Waals surface area contributed by atoms with Crippen molar-refractivity contribution in [3.8, 4) is 5.75 Å². The van der Waals surface area contributed by atoms with Gasteiger partial charge in [0.2, 0.25) is 5.13 Å². The lowest BCUT2D eigenvalue weighted by Gasteiger charge is -2.15. The van der Waals surface area contributed by atoms with E-state index in [1.54, 1.807) is 4.90 Å². The van der Waals surface area contributed by atoms with Crippen molar-refractivity contribution in [1.82, 2.24) is 4.98 Å². The van der Waals surface area contributed by atoms with Crippen molar-refractivity contribution in [2.75, 3.05) is 4.90 Å². The van der Waals surface area contributed by atoms with Gasteiger partial charge in [0.25, 0.3) is 5.91 Å². The van der Waals surface area contributed by atoms with Gasteiger partial charge in [-0.25, -0.2) is 4.98 Å². The van der Waals surface area contributed by atoms with Gasteiger partial charge in [0, 0.05) is 21.5 Å². The molecule has 2 heterocycles. The summed E-state index contributed by atoms with van der Waals surface area (Å²) in [5.74, 6) is 0.523. The van der Waals surface area contributed by atoms with Gasteiger partial charge in [-0.2, -0.15) is 4.99 Å². The maximum atomic E-state index is 13.5. The summed E-state index contributed by atoms with van der Waals surface area (Å²) < 4.78 is 6.08. The topological polar surface area (TPSA) is 54.8 Å². The van der Waals surface area contributed by atoms with Crippen LogP contribution in [-0.2, 0) is 11.4 Å². The number of carbonyl (C=O) groups excluding carboxylic acids is 1. The van der Waals surface area contributed by atoms with Crippen LogP contribution in [0.4, 0.5) is 10.8 Å². The lowest BCUT2D eigenvalue weighted by atomic mass is 10.1. The third kappa shape index (κ3) is 5.32. The van der Waals surface area contributed by atoms with Gasteiger partial charge in [0.1, 0.15) is 12.4 Å². The number of para-hydroxylation sites is 2. The average molecular weight is 518 g/mol. The van der Waals surface area contributed by atoms with Crippen LogP contribution in [0, 0.1) is 6.92 Å². The van der Waals surface area contributed by atoms with Crippen LogP contribution in [0.5, 0.6) is 5.75 Å². The number of nitrogens with zero attached hydrogens (tertiary/aromatic N) is 3. The molecule has 0 bridgehead atoms. The smallest absolute Gasteiger partial charge is 0.271 e. The predicted molar refractivity (Wildman–Crippen MR) is 146 cm³/mol. The number of amides is 1. The molecule has 5 nitrogen and oxygen atoms in total. The fraction of sp³-hybridized carbons (Fsp3) is 0.0741. The summed E-state index contributed by atoms with van der Waals surface area (Å²) in [5.41, 5.74) is 3.35. The third-order valence-corrected chi connectivity index (χ3v) is 7.36. The van der Waals surface area contributed by atoms with Gasteiger partial charge in [0.15, 0.2) is 5.17 Å². The fourth-order valence-corrected chi connectivity index (χ4v) is 5.36. The number of hydrogen-bond donors (Lipinski definition) is 0. The molecule has 0 spiro atoms. The summed E-state index contributed by atoms with van der Waals surface area (Å²) in [7, 11) is 0. The number of hydrogen-bond acceptors (Lipinski definition) is 6. The van der Waals surface area contributed by atoms with E-state index in [1.165, 1.54) is 23.1 Å². The van der Waals surface area contributed by atoms with E-state index in [1.807, 2.05) is 97.2 Å². The van der Waals surface area contributed by atoms with Gasteiger partial charge in [-0.15, -0.1) is 11.3 Å². The molecule has 1 saturated heterocycles. The number of aryl methyl sites for hydroxylation is 1. The van der Waals surface area contributed by atoms with E-state index in [0.717, 1.165) is 22.5 Å². The Morgan fingerprint density at radius 3 is 2.54 bits per heavy atom. The number of amidine groups is 1. The number of rotatable bonds is 6. The van der Waals surface area contributed by atoms with Crippen molar-refractivity contribution < 1.29 is 9.53 Å². The van der Waals surface area contributed by atoms with Crippen LogP contribution < -0.4 is 9.64 Å². The Balaban J connectivity index is 1.47. The number of aromatic nitrogens is 1. The number of ether oxygens (including phenoxy) is 1. The first-order valence-corrected chi connectivity index (χ1v) is 12.9. The summed E-state index contributed by atoms with van der Waals surface area (Å²) >= 11 is 9.05. The average Bonchev–Trinajstić information content (AvgIpc) is 3.42. The first-order chi connectivity index (χ1) is 17.1. The van der Waals surface area contributed by atoms with Crippen LogP contribution in [0.2, 0.25) is 5.02 Å². The summed E-state index contributed by atoms with van der Waals surface area (Å²) in [5, 5.41) is 3.78. The second-order valence-electron chi connectivity index (χ2n) is 7.67. The normalized spacial score (nSPS) is 15.8. The van der Waals surface area contributed by atoms with Crippen molar-refractivity contribution in [2.45, 2.75) is 13.5 Å². The van der Waals surface area contributed by atoms with Gasteiger partial charge in [-0.05, 0) is 49.0 Å². The number of thiazole rings is 1. The lowest BCUT2D eigenvalue weighted by molar-refractivity contribution is -0.113. The summed E-state index contributed by atoms with van der Waals surface area (Å²) in [6.45, 7) is 2.25. The summed E-state index contributed by atoms with van der Waals surface area (Å²) in [4.78, 5) is 24.8. The van der Waals surface area contributed by atoms with Crippen LogP contribution in [0.1, 0.15) is 16.8 Å². The van der Waals surface area contributed by atoms with E-state index >= 15 is 0 Å². The van der Waals surface area contributed by atoms with E-state index in [-0.39, 0.29) is 5.91 Å². The third-order valence-electron chi connectivity index (χ3n) is 5.17. The van der Waals surface area contributed by atoms with Gasteiger partial charge in [-0.1, -0.05) is 66.2 Å². The molecule has 1 amide bonds. The molecular formula is C27H20ClN3O2S2. The molecule has 35 heavy (non-hydrogen) atoms. The Kier molecular flexibility index (Phi) is 6.99. The molecule has 1 aliphatic heterocycles. The molecule has 5 rings (SSSR count). The van der Waals surface area contributed by atoms with Gasteiger partial charge in [-0.3, -0.25) is 9.69 Å². The highest BCUT2D eigenvalue weighted by molar-refractivity contribution is 8.19. The molecule has 1 aromatic heterocycles. The zero-order chi connectivity index (χ0) is 24.2. The van der Waals surface area contributed by atoms with Crippen molar-refractivity contribution >= 4 is 62.7 Å². The highest BCUT2D eigenvalue weighted by atomic mass is 35.5. The van der Waals surface area contributed by atoms with E-state index in [2.05, 4.69) is 4.98 Å². The fourth-order valence-electron chi connectivity index (χ4n) is 3.47. The Morgan fingerprint density at radius 2 is 1.77 bits per heavy atom. The number of anilines is 1. The first-order valence-electron chi connectivity index (χ1n) is 10.8. The zero-order valence-corrected chi connectivity index (χ0v) is 21.1. The summed E-state index contributed by atoms with van der Waals surface area (Å²) in [6.07, 6.45) is 1.85. The lowest BCUT2D eigenvalue weighted by Crippen LogP contribution is -2.28. The zero-order valence-electron chi connectivity index (χ0n) is 18.7. The monoisotopic (exact) mass is 517 g/mol. The van der Waals surface area contributed by atoms with Crippen molar-refractivity contribution in [2.24, 2.45) is 4.99 Å². The maximum absolute atomic E-state index is 13.5. The molecule has 1 fully saturated rings. The Hall–Kier alpha value is -3.39. The maximum Gasteiger partial charge on any atom is 0.271 e. The number of halogens is 1. The van der Waals surface area contributed by atoms with Crippen LogP contribution >= 0.6 is 34.7 Å². The van der Waals surface area contributed by atoms with Crippen molar-refractivity contribution in [3.63, 3.8) is 0 Å². The Bertz CT molecular complexity index is 1430. The second-order valence-corrected chi connectivity index (χ2v) is 9.92. The van der Waals surface area contributed by atoms with Gasteiger partial charge >= 0.3 is 0 Å². The summed E-state index contributed by atoms with van der Waals surface area (Å²) in [6, 6.07) is 24.7. The number of carbonyl (C=O) groups is 1. The number of benzene rings is 3. The van der Waals surface area contributed by atoms with Crippen LogP contribution in [0.3, 0.4) is 0 Å². The molecule has 0 saturated carbocycles. The Labute approximate surface area is 216 Å². The van der Waals surface area contributed by atoms with Crippen LogP contribution in [0.25, 0.3) is 6.08 Å². The van der Waals surface area contributed by atoms with Crippen molar-refractivity contribution in [3.05, 3.63) is 111 Å². The highest BCUT2D eigenvalue weighted by Crippen LogP contribution is 2.38. The van der Waals surface area contributed by atoms with Crippen LogP contribution in [-0.4, -0.2) is 16.1 Å². The number of aliphatic imine (C=N–C) groups is 1. The SMILES string of the molecule is Cc1csc(/N=C2/S/C(=C\c3ccccc3OCc3ccccc3Cl)C(=O)N2c2ccccc2)n1. The van der Waals surface area contributed by atoms with E-state index in [0.29, 0.717) is 32.6 Å². The molecule has 0 radical (unpaired) electrons. The molecule has 3 aromatic carbocycles. The minimum Gasteiger partial charge on any atom is -0.488 e. The molecule has 1 aliphatic rings. The molecule has 8 heteroatoms. The molecule has 174 valence electrons. The standard InChI is InChI=1S/C27H20ClN3O2S2/c1-18-17-34-26(29-18)30-27-31(21-11-3-2-4-12-21)25(32)24(35-27)15-19-9-6-8-14-23(19)33-16-20-10-5-7-13-22(20)28/h2-15,17H,16H2,1H3/b24-15-,30-27+. The quantitative estimate of drug-likeness (QED) is 0.248. The molecule has 0 unspecified atom stereocenters. The van der Waals surface area contributed by atoms with E-state index in [9.17, 15) is 4.79 Å². The van der Waals surface area contributed by atoms with E-state index < -0.39 is 0 Å². The van der Waals surface area contributed by atoms with Gasteiger partial charge < -0.3 is 4.74 Å². The second kappa shape index (κ2) is 10.5. The molecule has 4 aromatic rings. The predicted octanol–water partition coefficient (Wildman–Crippen LogP) is 7.49. The van der Waals surface area contributed by atoms with Crippen LogP contribution in [0.15, 0.2) is 94.1 Å². The molecular weight excluding hydrogens is 498 g/mol. The molecule has 0 aliphatic carbocycles. The first kappa shape index (κ1) is 23.4. The van der Waals surface area contributed by atoms with Gasteiger partial charge in [0.05, 0.1) is 16.3 Å².